The molecule has 0 aromatic heterocycles. The normalized spacial score (nSPS) is 24.3. The van der Waals surface area contributed by atoms with Gasteiger partial charge in [0.2, 0.25) is 12.3 Å². The number of nitrogens with zero attached hydrogens (tertiary/aromatic N) is 2. The van der Waals surface area contributed by atoms with Crippen LogP contribution in [-0.4, -0.2) is 85.3 Å². The highest BCUT2D eigenvalue weighted by Crippen LogP contribution is 2.44. The predicted molar refractivity (Wildman–Crippen MR) is 300 cm³/mol. The number of hydrogen-bond donors (Lipinski definition) is 7. The summed E-state index contributed by atoms with van der Waals surface area (Å²) >= 11 is 7.48. The van der Waals surface area contributed by atoms with Gasteiger partial charge in [0.05, 0.1) is 48.7 Å². The summed E-state index contributed by atoms with van der Waals surface area (Å²) in [6, 6.07) is 16.1. The van der Waals surface area contributed by atoms with Gasteiger partial charge in [0.25, 0.3) is 0 Å². The number of methoxy groups -OCH3 is 2. The monoisotopic (exact) mass is 1130 g/mol. The maximum Gasteiger partial charge on any atom is 0.407 e. The van der Waals surface area contributed by atoms with E-state index < -0.39 is 24.6 Å². The fraction of sp³-hybridized carbons (Fsp3) is 0.526. The Bertz CT molecular complexity index is 2430. The van der Waals surface area contributed by atoms with Gasteiger partial charge in [-0.3, -0.25) is 14.9 Å². The Labute approximate surface area is 451 Å². The number of nitrogens with one attached hydrogen (secondary N) is 5. The lowest BCUT2D eigenvalue weighted by atomic mass is 9.83. The molecule has 14 nitrogen and oxygen atoms in total. The largest absolute Gasteiger partial charge is 0.453 e. The molecule has 2 saturated heterocycles. The van der Waals surface area contributed by atoms with Crippen molar-refractivity contribution in [3.05, 3.63) is 128 Å². The Morgan fingerprint density at radius 3 is 2.22 bits per heavy atom. The third kappa shape index (κ3) is 13.9. The number of ether oxygens (including phenoxy) is 2. The van der Waals surface area contributed by atoms with Crippen molar-refractivity contribution < 1.29 is 29.0 Å². The van der Waals surface area contributed by atoms with Crippen LogP contribution in [0.1, 0.15) is 123 Å². The van der Waals surface area contributed by atoms with Gasteiger partial charge in [-0.2, -0.15) is 0 Å². The van der Waals surface area contributed by atoms with E-state index in [9.17, 15) is 19.5 Å². The SMILES string of the molecule is C=C(N/C(Br)=C(\N)c1ccc([C@@H]2CC[C@@H](C(/C=C\C)=C/C=C/C3=C(Br)N[C@H]([C@@H]4CCCC4C(=O)[C@@H](NC(=O)OC)C(C)C)N3)N2c2ccc(C(C)(C)C)cc2)cc1)[C@@H]1CCCN1C(=O)[C@@H](NC(O)OC)C(C)C. The van der Waals surface area contributed by atoms with Crippen molar-refractivity contribution in [2.45, 2.75) is 149 Å². The van der Waals surface area contributed by atoms with Crippen LogP contribution in [0, 0.1) is 23.7 Å². The molecule has 2 aromatic carbocycles. The van der Waals surface area contributed by atoms with Crippen LogP contribution in [0.5, 0.6) is 0 Å². The number of rotatable bonds is 20. The van der Waals surface area contributed by atoms with Gasteiger partial charge in [0.15, 0.2) is 5.78 Å². The lowest BCUT2D eigenvalue weighted by molar-refractivity contribution is -0.144. The highest BCUT2D eigenvalue weighted by molar-refractivity contribution is 9.12. The van der Waals surface area contributed by atoms with E-state index in [1.807, 2.05) is 32.6 Å². The summed E-state index contributed by atoms with van der Waals surface area (Å²) < 4.78 is 11.2. The van der Waals surface area contributed by atoms with Crippen molar-refractivity contribution in [2.24, 2.45) is 29.4 Å². The van der Waals surface area contributed by atoms with E-state index >= 15 is 0 Å². The zero-order valence-corrected chi connectivity index (χ0v) is 47.6. The van der Waals surface area contributed by atoms with Crippen LogP contribution in [0.15, 0.2) is 112 Å². The van der Waals surface area contributed by atoms with Crippen molar-refractivity contribution in [1.82, 2.24) is 31.5 Å². The number of carbonyl (C=O) groups excluding carboxylic acids is 3. The number of amides is 2. The fourth-order valence-corrected chi connectivity index (χ4v) is 11.8. The van der Waals surface area contributed by atoms with Crippen LogP contribution < -0.4 is 37.2 Å². The number of aliphatic hydroxyl groups excluding tert-OH is 1. The second-order valence-electron chi connectivity index (χ2n) is 21.5. The van der Waals surface area contributed by atoms with Gasteiger partial charge < -0.3 is 51.4 Å². The van der Waals surface area contributed by atoms with Gasteiger partial charge in [0, 0.05) is 42.4 Å². The molecule has 0 bridgehead atoms. The average molecular weight is 1130 g/mol. The van der Waals surface area contributed by atoms with Crippen molar-refractivity contribution >= 4 is 61.0 Å². The quantitative estimate of drug-likeness (QED) is 0.0379. The maximum atomic E-state index is 13.9. The highest BCUT2D eigenvalue weighted by atomic mass is 79.9. The minimum absolute atomic E-state index is 0.0101. The number of alkyl carbamates (subject to hydrolysis) is 1. The lowest BCUT2D eigenvalue weighted by Gasteiger charge is -2.34. The number of anilines is 1. The first-order valence-electron chi connectivity index (χ1n) is 25.9. The number of likely N-dealkylation sites (tertiary alicyclic amines) is 1. The predicted octanol–water partition coefficient (Wildman–Crippen LogP) is 9.81. The minimum atomic E-state index is -1.25. The summed E-state index contributed by atoms with van der Waals surface area (Å²) in [6.07, 6.45) is 14.8. The first kappa shape index (κ1) is 57.4. The van der Waals surface area contributed by atoms with Crippen LogP contribution in [0.25, 0.3) is 5.70 Å². The molecule has 6 rings (SSSR count). The minimum Gasteiger partial charge on any atom is -0.453 e. The maximum absolute atomic E-state index is 13.9. The van der Waals surface area contributed by atoms with E-state index in [0.717, 1.165) is 66.5 Å². The zero-order valence-electron chi connectivity index (χ0n) is 44.4. The van der Waals surface area contributed by atoms with Gasteiger partial charge in [0.1, 0.15) is 15.4 Å². The third-order valence-corrected chi connectivity index (χ3v) is 16.1. The molecule has 3 heterocycles. The first-order valence-corrected chi connectivity index (χ1v) is 27.5. The topological polar surface area (TPSA) is 183 Å². The standard InChI is InChI=1S/C57H80Br2N8O6/c1-12-16-36(17-13-20-43-51(58)65-53(62-43)42-19-14-18-41(42)50(68)48(33(2)3)63-55(70)72-10)45-30-31-46(67(45)40-28-26-39(27-29-40)57(7,8)9)37-22-24-38(25-23-37)47(60)52(59)61-35(6)44-21-15-32-66(44)54(69)49(34(4)5)64-56(71)73-11/h12-13,16-17,20,22-29,33-34,41-42,44-46,48-49,53,56,61-62,64-65,71H,6,14-15,18-19,21,30-32,60H2,1-5,7-11H3,(H,63,70)/b16-12-,20-13+,36-17+,52-47-/t41?,42-,44+,45+,46+,48+,49+,53-,56?/m1/s1. The molecule has 0 radical (unpaired) electrons. The summed E-state index contributed by atoms with van der Waals surface area (Å²) in [4.78, 5) is 44.2. The zero-order chi connectivity index (χ0) is 53.3. The smallest absolute Gasteiger partial charge is 0.407 e. The molecule has 2 aromatic rings. The average Bonchev–Trinajstić information content (AvgIpc) is 4.21. The van der Waals surface area contributed by atoms with Crippen LogP contribution in [-0.2, 0) is 24.5 Å². The molecule has 398 valence electrons. The fourth-order valence-electron chi connectivity index (χ4n) is 10.9. The van der Waals surface area contributed by atoms with Gasteiger partial charge in [-0.05, 0) is 129 Å². The Morgan fingerprint density at radius 2 is 1.60 bits per heavy atom. The van der Waals surface area contributed by atoms with Crippen molar-refractivity contribution in [3.8, 4) is 0 Å². The summed E-state index contributed by atoms with van der Waals surface area (Å²) in [5.41, 5.74) is 14.5. The number of benzene rings is 2. The third-order valence-electron chi connectivity index (χ3n) is 14.9. The Balaban J connectivity index is 1.20. The number of aliphatic hydroxyl groups is 1. The van der Waals surface area contributed by atoms with Crippen LogP contribution >= 0.6 is 31.9 Å². The lowest BCUT2D eigenvalue weighted by Crippen LogP contribution is -2.54. The van der Waals surface area contributed by atoms with E-state index in [1.54, 1.807) is 0 Å². The number of halogens is 2. The molecule has 0 spiro atoms. The van der Waals surface area contributed by atoms with Crippen molar-refractivity contribution in [3.63, 3.8) is 0 Å². The van der Waals surface area contributed by atoms with Gasteiger partial charge in [-0.1, -0.05) is 122 Å². The van der Waals surface area contributed by atoms with Crippen LogP contribution in [0.2, 0.25) is 0 Å². The summed E-state index contributed by atoms with van der Waals surface area (Å²) in [5, 5.41) is 26.4. The summed E-state index contributed by atoms with van der Waals surface area (Å²) in [6.45, 7) is 21.4. The molecule has 8 N–H and O–H groups in total. The highest BCUT2D eigenvalue weighted by Gasteiger charge is 2.44. The van der Waals surface area contributed by atoms with Crippen LogP contribution in [0.4, 0.5) is 10.5 Å². The molecule has 1 saturated carbocycles. The summed E-state index contributed by atoms with van der Waals surface area (Å²) in [5.74, 6) is -0.367. The van der Waals surface area contributed by atoms with Crippen molar-refractivity contribution in [1.29, 1.82) is 0 Å². The molecule has 73 heavy (non-hydrogen) atoms. The van der Waals surface area contributed by atoms with E-state index in [4.69, 9.17) is 15.2 Å². The molecule has 2 amide bonds. The van der Waals surface area contributed by atoms with E-state index in [2.05, 4.69) is 177 Å². The number of allylic oxidation sites excluding steroid dienone is 4. The number of hydrogen-bond acceptors (Lipinski definition) is 12. The molecule has 4 aliphatic rings. The molecule has 3 aliphatic heterocycles. The second kappa shape index (κ2) is 25.6. The summed E-state index contributed by atoms with van der Waals surface area (Å²) in [7, 11) is 2.70. The molecule has 16 heteroatoms. The molecule has 1 aliphatic carbocycles. The number of Topliss-reactive ketones (excluding diaryl/α,β-unsaturated/α-hetero) is 1. The number of carbonyl (C=O) groups is 3. The molecule has 2 unspecified atom stereocenters. The Kier molecular flexibility index (Phi) is 20.1. The van der Waals surface area contributed by atoms with E-state index in [0.29, 0.717) is 22.5 Å². The van der Waals surface area contributed by atoms with Gasteiger partial charge >= 0.3 is 6.09 Å². The van der Waals surface area contributed by atoms with Crippen LogP contribution in [0.3, 0.4) is 0 Å². The van der Waals surface area contributed by atoms with Crippen molar-refractivity contribution in [2.75, 3.05) is 25.7 Å². The molecular formula is C57H80Br2N8O6. The number of ketones is 1. The molecule has 9 atom stereocenters. The van der Waals surface area contributed by atoms with Gasteiger partial charge in [-0.15, -0.1) is 0 Å². The first-order chi connectivity index (χ1) is 34.7. The van der Waals surface area contributed by atoms with E-state index in [1.165, 1.54) is 30.9 Å². The van der Waals surface area contributed by atoms with Gasteiger partial charge in [-0.25, -0.2) is 4.79 Å². The second-order valence-corrected chi connectivity index (χ2v) is 23.0. The Morgan fingerprint density at radius 1 is 0.918 bits per heavy atom. The molecule has 3 fully saturated rings. The van der Waals surface area contributed by atoms with E-state index in [-0.39, 0.29) is 65.1 Å². The Hall–Kier alpha value is -4.87. The number of nitrogens with two attached hydrogens (primary N) is 1. The molecular weight excluding hydrogens is 1050 g/mol.